The van der Waals surface area contributed by atoms with Crippen LogP contribution in [-0.4, -0.2) is 13.3 Å². The third kappa shape index (κ3) is 5.30. The number of aliphatic imine (C=N–C) groups is 1. The van der Waals surface area contributed by atoms with Gasteiger partial charge in [-0.3, -0.25) is 4.99 Å². The lowest BCUT2D eigenvalue weighted by atomic mass is 9.76. The smallest absolute Gasteiger partial charge is 0.161 e. The molecule has 0 radical (unpaired) electrons. The normalized spacial score (nSPS) is 19.4. The summed E-state index contributed by atoms with van der Waals surface area (Å²) in [5.74, 6) is 1.96. The van der Waals surface area contributed by atoms with Crippen molar-refractivity contribution in [1.29, 1.82) is 0 Å². The second kappa shape index (κ2) is 10.8. The Bertz CT molecular complexity index is 1530. The number of fused-ring (bicyclic) bond motifs is 3. The molecule has 4 aromatic carbocycles. The largest absolute Gasteiger partial charge is 0.493 e. The molecule has 1 aliphatic carbocycles. The first-order chi connectivity index (χ1) is 19.1. The van der Waals surface area contributed by atoms with E-state index >= 15 is 0 Å². The van der Waals surface area contributed by atoms with Crippen LogP contribution in [-0.2, 0) is 6.61 Å². The minimum atomic E-state index is -0.263. The van der Waals surface area contributed by atoms with Crippen molar-refractivity contribution in [1.82, 2.24) is 0 Å². The zero-order valence-corrected chi connectivity index (χ0v) is 22.1. The maximum Gasteiger partial charge on any atom is 0.161 e. The molecule has 0 saturated heterocycles. The van der Waals surface area contributed by atoms with Crippen molar-refractivity contribution in [2.24, 2.45) is 10.9 Å². The van der Waals surface area contributed by atoms with Gasteiger partial charge in [0.2, 0.25) is 0 Å². The lowest BCUT2D eigenvalue weighted by Gasteiger charge is -2.37. The zero-order chi connectivity index (χ0) is 26.8. The molecule has 1 heterocycles. The number of allylic oxidation sites excluding steroid dienone is 2. The SMILES string of the molecule is COc1cc(C=Nc2ccc([C@@H]3Nc4ccc(C)cc4[C@H]4C=CC[C@@H]43)cc2)ccc1OCc1ccc(F)cc1. The number of hydrogen-bond acceptors (Lipinski definition) is 4. The number of anilines is 1. The van der Waals surface area contributed by atoms with Gasteiger partial charge in [-0.15, -0.1) is 0 Å². The molecule has 0 spiro atoms. The first-order valence-electron chi connectivity index (χ1n) is 13.3. The van der Waals surface area contributed by atoms with E-state index in [1.54, 1.807) is 19.2 Å². The first-order valence-corrected chi connectivity index (χ1v) is 13.3. The Morgan fingerprint density at radius 3 is 2.56 bits per heavy atom. The standard InChI is InChI=1S/C34H31FN2O2/c1-22-6-16-31-30(18-22)28-4-3-5-29(28)34(37-31)25-10-14-27(15-11-25)36-20-24-9-17-32(33(19-24)38-2)39-21-23-7-12-26(35)13-8-23/h3-4,6-20,28-29,34,37H,5,21H2,1-2H3/t28-,29-,34-/m0/s1. The van der Waals surface area contributed by atoms with E-state index in [1.807, 2.05) is 24.4 Å². The van der Waals surface area contributed by atoms with Crippen LogP contribution in [0, 0.1) is 18.7 Å². The molecule has 39 heavy (non-hydrogen) atoms. The summed E-state index contributed by atoms with van der Waals surface area (Å²) < 4.78 is 24.6. The molecule has 2 aliphatic rings. The molecule has 6 rings (SSSR count). The number of hydrogen-bond donors (Lipinski definition) is 1. The minimum absolute atomic E-state index is 0.263. The lowest BCUT2D eigenvalue weighted by molar-refractivity contribution is 0.284. The summed E-state index contributed by atoms with van der Waals surface area (Å²) in [4.78, 5) is 4.69. The van der Waals surface area contributed by atoms with Crippen LogP contribution in [0.5, 0.6) is 11.5 Å². The van der Waals surface area contributed by atoms with Gasteiger partial charge in [0.15, 0.2) is 11.5 Å². The molecule has 0 saturated carbocycles. The number of nitrogens with zero attached hydrogens (tertiary/aromatic N) is 1. The summed E-state index contributed by atoms with van der Waals surface area (Å²) in [6.07, 6.45) is 7.62. The average Bonchev–Trinajstić information content (AvgIpc) is 3.46. The van der Waals surface area contributed by atoms with Crippen LogP contribution in [0.25, 0.3) is 0 Å². The first kappa shape index (κ1) is 24.9. The molecule has 0 bridgehead atoms. The number of methoxy groups -OCH3 is 1. The Balaban J connectivity index is 1.14. The van der Waals surface area contributed by atoms with Gasteiger partial charge >= 0.3 is 0 Å². The van der Waals surface area contributed by atoms with E-state index in [4.69, 9.17) is 14.5 Å². The summed E-state index contributed by atoms with van der Waals surface area (Å²) in [5, 5.41) is 3.81. The number of ether oxygens (including phenoxy) is 2. The Hall–Kier alpha value is -4.38. The molecule has 0 fully saturated rings. The number of benzene rings is 4. The van der Waals surface area contributed by atoms with Crippen molar-refractivity contribution in [3.05, 3.63) is 131 Å². The van der Waals surface area contributed by atoms with Crippen LogP contribution in [0.1, 0.15) is 46.2 Å². The van der Waals surface area contributed by atoms with E-state index in [9.17, 15) is 4.39 Å². The maximum absolute atomic E-state index is 13.1. The maximum atomic E-state index is 13.1. The molecular weight excluding hydrogens is 487 g/mol. The molecule has 5 heteroatoms. The van der Waals surface area contributed by atoms with E-state index in [-0.39, 0.29) is 11.9 Å². The van der Waals surface area contributed by atoms with Gasteiger partial charge in [0, 0.05) is 17.8 Å². The van der Waals surface area contributed by atoms with Gasteiger partial charge < -0.3 is 14.8 Å². The minimum Gasteiger partial charge on any atom is -0.493 e. The summed E-state index contributed by atoms with van der Waals surface area (Å²) >= 11 is 0. The van der Waals surface area contributed by atoms with E-state index in [1.165, 1.54) is 34.5 Å². The molecule has 196 valence electrons. The highest BCUT2D eigenvalue weighted by Crippen LogP contribution is 2.50. The average molecular weight is 519 g/mol. The summed E-state index contributed by atoms with van der Waals surface area (Å²) in [6, 6.07) is 27.5. The topological polar surface area (TPSA) is 42.8 Å². The van der Waals surface area contributed by atoms with E-state index < -0.39 is 0 Å². The second-order valence-electron chi connectivity index (χ2n) is 10.2. The zero-order valence-electron chi connectivity index (χ0n) is 22.1. The lowest BCUT2D eigenvalue weighted by Crippen LogP contribution is -2.29. The third-order valence-electron chi connectivity index (χ3n) is 7.63. The van der Waals surface area contributed by atoms with Crippen LogP contribution in [0.15, 0.2) is 102 Å². The fourth-order valence-electron chi connectivity index (χ4n) is 5.59. The summed E-state index contributed by atoms with van der Waals surface area (Å²) in [7, 11) is 1.61. The molecule has 3 atom stereocenters. The number of halogens is 1. The second-order valence-corrected chi connectivity index (χ2v) is 10.2. The third-order valence-corrected chi connectivity index (χ3v) is 7.63. The Labute approximate surface area is 228 Å². The van der Waals surface area contributed by atoms with Crippen molar-refractivity contribution in [3.63, 3.8) is 0 Å². The summed E-state index contributed by atoms with van der Waals surface area (Å²) in [5.41, 5.74) is 7.92. The van der Waals surface area contributed by atoms with Gasteiger partial charge in [-0.05, 0) is 90.0 Å². The highest BCUT2D eigenvalue weighted by atomic mass is 19.1. The molecular formula is C34H31FN2O2. The number of aryl methyl sites for hydroxylation is 1. The monoisotopic (exact) mass is 518 g/mol. The molecule has 4 aromatic rings. The van der Waals surface area contributed by atoms with Crippen molar-refractivity contribution in [2.45, 2.75) is 31.9 Å². The predicted octanol–water partition coefficient (Wildman–Crippen LogP) is 8.30. The van der Waals surface area contributed by atoms with Gasteiger partial charge in [-0.2, -0.15) is 0 Å². The molecule has 4 nitrogen and oxygen atoms in total. The van der Waals surface area contributed by atoms with E-state index in [0.29, 0.717) is 29.9 Å². The molecule has 1 aliphatic heterocycles. The Morgan fingerprint density at radius 2 is 1.77 bits per heavy atom. The van der Waals surface area contributed by atoms with Crippen molar-refractivity contribution < 1.29 is 13.9 Å². The molecule has 0 aromatic heterocycles. The fourth-order valence-corrected chi connectivity index (χ4v) is 5.59. The molecule has 0 amide bonds. The Morgan fingerprint density at radius 1 is 0.949 bits per heavy atom. The van der Waals surface area contributed by atoms with Crippen molar-refractivity contribution in [2.75, 3.05) is 12.4 Å². The van der Waals surface area contributed by atoms with Crippen molar-refractivity contribution in [3.8, 4) is 11.5 Å². The predicted molar refractivity (Wildman–Crippen MR) is 155 cm³/mol. The highest BCUT2D eigenvalue weighted by molar-refractivity contribution is 5.83. The van der Waals surface area contributed by atoms with Gasteiger partial charge in [-0.1, -0.05) is 54.1 Å². The van der Waals surface area contributed by atoms with Crippen LogP contribution in [0.4, 0.5) is 15.8 Å². The van der Waals surface area contributed by atoms with Gasteiger partial charge in [0.05, 0.1) is 18.8 Å². The van der Waals surface area contributed by atoms with E-state index in [0.717, 1.165) is 23.2 Å². The van der Waals surface area contributed by atoms with Crippen molar-refractivity contribution >= 4 is 17.6 Å². The van der Waals surface area contributed by atoms with Crippen LogP contribution in [0.2, 0.25) is 0 Å². The number of nitrogens with one attached hydrogen (secondary N) is 1. The molecule has 1 N–H and O–H groups in total. The van der Waals surface area contributed by atoms with Crippen LogP contribution >= 0.6 is 0 Å². The van der Waals surface area contributed by atoms with Gasteiger partial charge in [-0.25, -0.2) is 4.39 Å². The van der Waals surface area contributed by atoms with Gasteiger partial charge in [0.25, 0.3) is 0 Å². The highest BCUT2D eigenvalue weighted by Gasteiger charge is 2.37. The van der Waals surface area contributed by atoms with E-state index in [2.05, 4.69) is 66.9 Å². The summed E-state index contributed by atoms with van der Waals surface area (Å²) in [6.45, 7) is 2.49. The quantitative estimate of drug-likeness (QED) is 0.198. The molecule has 0 unspecified atom stereocenters. The fraction of sp³-hybridized carbons (Fsp3) is 0.206. The van der Waals surface area contributed by atoms with Gasteiger partial charge in [0.1, 0.15) is 12.4 Å². The van der Waals surface area contributed by atoms with Crippen LogP contribution in [0.3, 0.4) is 0 Å². The number of rotatable bonds is 7. The van der Waals surface area contributed by atoms with Crippen LogP contribution < -0.4 is 14.8 Å². The Kier molecular flexibility index (Phi) is 6.89.